The van der Waals surface area contributed by atoms with Gasteiger partial charge in [-0.25, -0.2) is 4.68 Å². The van der Waals surface area contributed by atoms with Gasteiger partial charge in [0.15, 0.2) is 0 Å². The highest BCUT2D eigenvalue weighted by atomic mass is 32.2. The second-order valence-corrected chi connectivity index (χ2v) is 11.9. The van der Waals surface area contributed by atoms with Crippen molar-refractivity contribution >= 4 is 50.6 Å². The van der Waals surface area contributed by atoms with E-state index >= 15 is 0 Å². The van der Waals surface area contributed by atoms with Crippen LogP contribution in [0.25, 0.3) is 44.4 Å². The lowest BCUT2D eigenvalue weighted by Gasteiger charge is -2.32. The van der Waals surface area contributed by atoms with E-state index in [1.807, 2.05) is 22.6 Å². The van der Waals surface area contributed by atoms with Crippen LogP contribution in [-0.2, 0) is 0 Å². The number of nitrogens with zero attached hydrogens (tertiary/aromatic N) is 5. The number of aromatic nitrogens is 4. The second kappa shape index (κ2) is 10.0. The van der Waals surface area contributed by atoms with E-state index in [1.54, 1.807) is 0 Å². The van der Waals surface area contributed by atoms with Crippen molar-refractivity contribution in [1.82, 2.24) is 19.6 Å². The highest BCUT2D eigenvalue weighted by molar-refractivity contribution is 7.99. The van der Waals surface area contributed by atoms with Crippen molar-refractivity contribution in [3.05, 3.63) is 152 Å². The third-order valence-corrected chi connectivity index (χ3v) is 9.43. The number of para-hydroxylation sites is 4. The average molecular weight is 584 g/mol. The van der Waals surface area contributed by atoms with Gasteiger partial charge in [0.2, 0.25) is 0 Å². The fourth-order valence-corrected chi connectivity index (χ4v) is 7.30. The zero-order chi connectivity index (χ0) is 29.0. The summed E-state index contributed by atoms with van der Waals surface area (Å²) in [6.07, 6.45) is 1.99. The van der Waals surface area contributed by atoms with E-state index in [0.717, 1.165) is 28.3 Å². The van der Waals surface area contributed by atoms with Gasteiger partial charge in [0.1, 0.15) is 5.69 Å². The number of fused-ring (bicyclic) bond motifs is 5. The van der Waals surface area contributed by atoms with E-state index in [4.69, 9.17) is 0 Å². The number of rotatable bonds is 4. The van der Waals surface area contributed by atoms with Gasteiger partial charge < -0.3 is 9.47 Å². The minimum atomic E-state index is 0.832. The van der Waals surface area contributed by atoms with Crippen LogP contribution in [0.3, 0.4) is 0 Å². The quantitative estimate of drug-likeness (QED) is 0.207. The maximum Gasteiger partial charge on any atom is 0.113 e. The Hall–Kier alpha value is -5.59. The second-order valence-electron chi connectivity index (χ2n) is 10.9. The average Bonchev–Trinajstić information content (AvgIpc) is 3.71. The van der Waals surface area contributed by atoms with Gasteiger partial charge in [0.25, 0.3) is 0 Å². The Labute approximate surface area is 258 Å². The SMILES string of the molecule is c1ccc2c(c1)Sc1ccccc1N2c1ccc(-n2cc(-c3ccc(-n4c5ccccc5c5ccccc54)cc3)nn2)cc1. The Kier molecular flexibility index (Phi) is 5.67. The molecule has 44 heavy (non-hydrogen) atoms. The van der Waals surface area contributed by atoms with Crippen molar-refractivity contribution in [2.75, 3.05) is 4.90 Å². The summed E-state index contributed by atoms with van der Waals surface area (Å²) in [6, 6.07) is 51.4. The predicted octanol–water partition coefficient (Wildman–Crippen LogP) is 9.97. The molecule has 0 aliphatic carbocycles. The van der Waals surface area contributed by atoms with E-state index in [0.29, 0.717) is 0 Å². The van der Waals surface area contributed by atoms with Crippen molar-refractivity contribution in [3.8, 4) is 22.6 Å². The van der Waals surface area contributed by atoms with Crippen molar-refractivity contribution in [3.63, 3.8) is 0 Å². The molecule has 8 aromatic rings. The summed E-state index contributed by atoms with van der Waals surface area (Å²) >= 11 is 1.82. The van der Waals surface area contributed by atoms with E-state index in [1.165, 1.54) is 43.0 Å². The van der Waals surface area contributed by atoms with Crippen molar-refractivity contribution in [1.29, 1.82) is 0 Å². The van der Waals surface area contributed by atoms with E-state index in [2.05, 4.69) is 165 Å². The molecule has 0 radical (unpaired) electrons. The molecule has 3 heterocycles. The van der Waals surface area contributed by atoms with Gasteiger partial charge in [-0.3, -0.25) is 0 Å². The molecule has 1 aliphatic rings. The molecule has 0 fully saturated rings. The molecule has 0 saturated carbocycles. The van der Waals surface area contributed by atoms with Gasteiger partial charge in [-0.2, -0.15) is 0 Å². The van der Waals surface area contributed by atoms with Gasteiger partial charge in [0, 0.05) is 37.5 Å². The number of hydrogen-bond donors (Lipinski definition) is 0. The third kappa shape index (κ3) is 3.96. The molecule has 0 bridgehead atoms. The topological polar surface area (TPSA) is 38.9 Å². The Balaban J connectivity index is 1.02. The number of anilines is 3. The van der Waals surface area contributed by atoms with Crippen molar-refractivity contribution in [2.45, 2.75) is 9.79 Å². The largest absolute Gasteiger partial charge is 0.309 e. The fraction of sp³-hybridized carbons (Fsp3) is 0. The van der Waals surface area contributed by atoms with Crippen molar-refractivity contribution in [2.24, 2.45) is 0 Å². The van der Waals surface area contributed by atoms with Crippen molar-refractivity contribution < 1.29 is 0 Å². The standard InChI is InChI=1S/C38H25N5S/c1-3-11-33-30(9-1)31-10-2-4-12-34(31)42(33)28-19-17-26(18-20-28)32-25-41(40-39-32)27-21-23-29(24-22-27)43-35-13-5-7-15-37(35)44-38-16-8-6-14-36(38)43/h1-25H. The molecule has 2 aromatic heterocycles. The summed E-state index contributed by atoms with van der Waals surface area (Å²) in [4.78, 5) is 4.83. The first-order valence-electron chi connectivity index (χ1n) is 14.6. The highest BCUT2D eigenvalue weighted by Gasteiger charge is 2.24. The maximum absolute atomic E-state index is 4.52. The van der Waals surface area contributed by atoms with E-state index < -0.39 is 0 Å². The fourth-order valence-electron chi connectivity index (χ4n) is 6.24. The normalized spacial score (nSPS) is 12.4. The Morgan fingerprint density at radius 1 is 0.477 bits per heavy atom. The third-order valence-electron chi connectivity index (χ3n) is 8.30. The van der Waals surface area contributed by atoms with Gasteiger partial charge in [-0.05, 0) is 72.8 Å². The summed E-state index contributed by atoms with van der Waals surface area (Å²) in [5.74, 6) is 0. The molecule has 0 atom stereocenters. The Bertz CT molecular complexity index is 2220. The lowest BCUT2D eigenvalue weighted by molar-refractivity contribution is 0.804. The molecule has 208 valence electrons. The summed E-state index contributed by atoms with van der Waals surface area (Å²) in [5, 5.41) is 11.5. The summed E-state index contributed by atoms with van der Waals surface area (Å²) in [7, 11) is 0. The molecule has 0 saturated heterocycles. The smallest absolute Gasteiger partial charge is 0.113 e. The molecular weight excluding hydrogens is 559 g/mol. The number of hydrogen-bond acceptors (Lipinski definition) is 4. The number of benzene rings is 6. The predicted molar refractivity (Wildman–Crippen MR) is 180 cm³/mol. The van der Waals surface area contributed by atoms with E-state index in [9.17, 15) is 0 Å². The van der Waals surface area contributed by atoms with Crippen LogP contribution in [0.1, 0.15) is 0 Å². The Morgan fingerprint density at radius 2 is 1.00 bits per heavy atom. The van der Waals surface area contributed by atoms with Crippen LogP contribution in [0, 0.1) is 0 Å². The van der Waals surface area contributed by atoms with E-state index in [-0.39, 0.29) is 0 Å². The first-order valence-corrected chi connectivity index (χ1v) is 15.4. The molecule has 9 rings (SSSR count). The summed E-state index contributed by atoms with van der Waals surface area (Å²) < 4.78 is 4.17. The van der Waals surface area contributed by atoms with Crippen LogP contribution in [-0.4, -0.2) is 19.6 Å². The van der Waals surface area contributed by atoms with Gasteiger partial charge in [-0.15, -0.1) is 5.10 Å². The van der Waals surface area contributed by atoms with Crippen LogP contribution in [0.4, 0.5) is 17.1 Å². The van der Waals surface area contributed by atoms with Crippen LogP contribution in [0.2, 0.25) is 0 Å². The highest BCUT2D eigenvalue weighted by Crippen LogP contribution is 2.51. The molecular formula is C38H25N5S. The van der Waals surface area contributed by atoms with Crippen LogP contribution < -0.4 is 4.90 Å². The molecule has 0 unspecified atom stereocenters. The first kappa shape index (κ1) is 25.0. The van der Waals surface area contributed by atoms with Crippen LogP contribution >= 0.6 is 11.8 Å². The molecule has 0 amide bonds. The first-order chi connectivity index (χ1) is 21.8. The summed E-state index contributed by atoms with van der Waals surface area (Å²) in [6.45, 7) is 0. The lowest BCUT2D eigenvalue weighted by atomic mass is 10.1. The summed E-state index contributed by atoms with van der Waals surface area (Å²) in [5.41, 5.74) is 9.82. The minimum Gasteiger partial charge on any atom is -0.309 e. The molecule has 6 aromatic carbocycles. The van der Waals surface area contributed by atoms with Gasteiger partial charge in [0.05, 0.1) is 34.3 Å². The minimum absolute atomic E-state index is 0.832. The lowest BCUT2D eigenvalue weighted by Crippen LogP contribution is -2.14. The molecule has 0 N–H and O–H groups in total. The molecule has 5 nitrogen and oxygen atoms in total. The maximum atomic E-state index is 4.52. The molecule has 0 spiro atoms. The van der Waals surface area contributed by atoms with Crippen LogP contribution in [0.5, 0.6) is 0 Å². The zero-order valence-corrected chi connectivity index (χ0v) is 24.4. The van der Waals surface area contributed by atoms with Crippen LogP contribution in [0.15, 0.2) is 162 Å². The zero-order valence-electron chi connectivity index (χ0n) is 23.6. The van der Waals surface area contributed by atoms with Gasteiger partial charge >= 0.3 is 0 Å². The monoisotopic (exact) mass is 583 g/mol. The molecule has 1 aliphatic heterocycles. The molecule has 6 heteroatoms. The van der Waals surface area contributed by atoms with Gasteiger partial charge in [-0.1, -0.05) is 89.8 Å². The Morgan fingerprint density at radius 3 is 1.64 bits per heavy atom.